The fourth-order valence-electron chi connectivity index (χ4n) is 2.49. The van der Waals surface area contributed by atoms with Gasteiger partial charge in [-0.05, 0) is 18.9 Å². The molecule has 0 aliphatic carbocycles. The minimum absolute atomic E-state index is 0. The first-order valence-electron chi connectivity index (χ1n) is 6.18. The van der Waals surface area contributed by atoms with Crippen molar-refractivity contribution in [2.24, 2.45) is 12.8 Å². The predicted molar refractivity (Wildman–Crippen MR) is 73.7 cm³/mol. The van der Waals surface area contributed by atoms with Gasteiger partial charge in [0.15, 0.2) is 0 Å². The molecule has 1 saturated heterocycles. The quantitative estimate of drug-likeness (QED) is 0.882. The summed E-state index contributed by atoms with van der Waals surface area (Å²) in [6.07, 6.45) is 4.33. The van der Waals surface area contributed by atoms with Gasteiger partial charge in [-0.25, -0.2) is 0 Å². The summed E-state index contributed by atoms with van der Waals surface area (Å²) in [6, 6.07) is 2.49. The van der Waals surface area contributed by atoms with Gasteiger partial charge in [0.1, 0.15) is 0 Å². The van der Waals surface area contributed by atoms with Crippen molar-refractivity contribution in [1.82, 2.24) is 14.7 Å². The SMILES string of the molecule is COC1CCN(Cc2ccnn2C)C(CN)C1.Cl. The number of likely N-dealkylation sites (tertiary alicyclic amines) is 1. The van der Waals surface area contributed by atoms with Crippen LogP contribution < -0.4 is 5.73 Å². The molecule has 2 heterocycles. The van der Waals surface area contributed by atoms with Crippen molar-refractivity contribution in [3.05, 3.63) is 18.0 Å². The molecule has 18 heavy (non-hydrogen) atoms. The monoisotopic (exact) mass is 274 g/mol. The molecular formula is C12H23ClN4O. The van der Waals surface area contributed by atoms with Crippen LogP contribution in [0.3, 0.4) is 0 Å². The molecule has 1 aromatic heterocycles. The van der Waals surface area contributed by atoms with Crippen molar-refractivity contribution in [3.8, 4) is 0 Å². The number of hydrogen-bond donors (Lipinski definition) is 1. The van der Waals surface area contributed by atoms with Crippen molar-refractivity contribution >= 4 is 12.4 Å². The zero-order chi connectivity index (χ0) is 12.3. The summed E-state index contributed by atoms with van der Waals surface area (Å²) in [5.41, 5.74) is 7.09. The fraction of sp³-hybridized carbons (Fsp3) is 0.750. The van der Waals surface area contributed by atoms with Gasteiger partial charge in [0.25, 0.3) is 0 Å². The topological polar surface area (TPSA) is 56.3 Å². The molecule has 0 amide bonds. The molecule has 0 bridgehead atoms. The average molecular weight is 275 g/mol. The lowest BCUT2D eigenvalue weighted by Gasteiger charge is -2.38. The van der Waals surface area contributed by atoms with E-state index in [1.54, 1.807) is 7.11 Å². The smallest absolute Gasteiger partial charge is 0.0599 e. The Hall–Kier alpha value is -0.620. The Kier molecular flexibility index (Phi) is 6.08. The van der Waals surface area contributed by atoms with Crippen LogP contribution in [0, 0.1) is 0 Å². The summed E-state index contributed by atoms with van der Waals surface area (Å²) in [5.74, 6) is 0. The number of nitrogens with two attached hydrogens (primary N) is 1. The van der Waals surface area contributed by atoms with E-state index in [4.69, 9.17) is 10.5 Å². The molecule has 2 N–H and O–H groups in total. The van der Waals surface area contributed by atoms with Gasteiger partial charge >= 0.3 is 0 Å². The van der Waals surface area contributed by atoms with Gasteiger partial charge in [-0.3, -0.25) is 9.58 Å². The van der Waals surface area contributed by atoms with E-state index in [2.05, 4.69) is 16.1 Å². The Labute approximate surface area is 115 Å². The number of ether oxygens (including phenoxy) is 1. The number of halogens is 1. The van der Waals surface area contributed by atoms with Crippen molar-refractivity contribution in [2.75, 3.05) is 20.2 Å². The van der Waals surface area contributed by atoms with Crippen molar-refractivity contribution in [2.45, 2.75) is 31.5 Å². The van der Waals surface area contributed by atoms with Gasteiger partial charge in [0, 0.05) is 46.0 Å². The van der Waals surface area contributed by atoms with E-state index in [1.165, 1.54) is 5.69 Å². The fourth-order valence-corrected chi connectivity index (χ4v) is 2.49. The number of aryl methyl sites for hydroxylation is 1. The van der Waals surface area contributed by atoms with Gasteiger partial charge in [-0.1, -0.05) is 0 Å². The van der Waals surface area contributed by atoms with Gasteiger partial charge in [0.05, 0.1) is 11.8 Å². The zero-order valence-corrected chi connectivity index (χ0v) is 11.9. The van der Waals surface area contributed by atoms with Gasteiger partial charge in [0.2, 0.25) is 0 Å². The van der Waals surface area contributed by atoms with E-state index >= 15 is 0 Å². The van der Waals surface area contributed by atoms with E-state index in [0.717, 1.165) is 25.9 Å². The number of hydrogen-bond acceptors (Lipinski definition) is 4. The molecule has 5 nitrogen and oxygen atoms in total. The molecule has 1 fully saturated rings. The van der Waals surface area contributed by atoms with Crippen molar-refractivity contribution in [1.29, 1.82) is 0 Å². The molecule has 2 atom stereocenters. The molecule has 1 aliphatic heterocycles. The summed E-state index contributed by atoms with van der Waals surface area (Å²) >= 11 is 0. The minimum Gasteiger partial charge on any atom is -0.381 e. The van der Waals surface area contributed by atoms with Crippen LogP contribution in [0.1, 0.15) is 18.5 Å². The second kappa shape index (κ2) is 7.09. The lowest BCUT2D eigenvalue weighted by atomic mass is 9.99. The molecule has 0 radical (unpaired) electrons. The normalized spacial score (nSPS) is 24.8. The third kappa shape index (κ3) is 3.45. The van der Waals surface area contributed by atoms with Crippen LogP contribution in [0.15, 0.2) is 12.3 Å². The van der Waals surface area contributed by atoms with Crippen LogP contribution in [0.2, 0.25) is 0 Å². The molecule has 1 aromatic rings. The van der Waals surface area contributed by atoms with Gasteiger partial charge < -0.3 is 10.5 Å². The summed E-state index contributed by atoms with van der Waals surface area (Å²) in [4.78, 5) is 2.44. The van der Waals surface area contributed by atoms with E-state index in [-0.39, 0.29) is 12.4 Å². The zero-order valence-electron chi connectivity index (χ0n) is 11.1. The molecule has 104 valence electrons. The van der Waals surface area contributed by atoms with Crippen LogP contribution in [-0.4, -0.2) is 47.0 Å². The van der Waals surface area contributed by atoms with Crippen molar-refractivity contribution < 1.29 is 4.74 Å². The van der Waals surface area contributed by atoms with Crippen molar-refractivity contribution in [3.63, 3.8) is 0 Å². The minimum atomic E-state index is 0. The third-order valence-electron chi connectivity index (χ3n) is 3.68. The molecule has 0 aromatic carbocycles. The van der Waals surface area contributed by atoms with E-state index in [1.807, 2.05) is 17.9 Å². The predicted octanol–water partition coefficient (Wildman–Crippen LogP) is 0.780. The Morgan fingerprint density at radius 1 is 1.56 bits per heavy atom. The molecule has 6 heteroatoms. The Bertz CT molecular complexity index is 358. The third-order valence-corrected chi connectivity index (χ3v) is 3.68. The number of methoxy groups -OCH3 is 1. The highest BCUT2D eigenvalue weighted by molar-refractivity contribution is 5.85. The number of piperidine rings is 1. The second-order valence-corrected chi connectivity index (χ2v) is 4.69. The van der Waals surface area contributed by atoms with Gasteiger partial charge in [-0.2, -0.15) is 5.10 Å². The number of rotatable bonds is 4. The maximum Gasteiger partial charge on any atom is 0.0599 e. The second-order valence-electron chi connectivity index (χ2n) is 4.69. The van der Waals surface area contributed by atoms with E-state index in [0.29, 0.717) is 18.7 Å². The summed E-state index contributed by atoms with van der Waals surface area (Å²) < 4.78 is 7.36. The number of aromatic nitrogens is 2. The maximum atomic E-state index is 5.86. The first kappa shape index (κ1) is 15.4. The molecule has 0 saturated carbocycles. The average Bonchev–Trinajstić information content (AvgIpc) is 2.75. The van der Waals surface area contributed by atoms with Crippen LogP contribution in [0.25, 0.3) is 0 Å². The Morgan fingerprint density at radius 3 is 2.89 bits per heavy atom. The largest absolute Gasteiger partial charge is 0.381 e. The molecule has 1 aliphatic rings. The molecule has 2 unspecified atom stereocenters. The van der Waals surface area contributed by atoms with Crippen LogP contribution in [-0.2, 0) is 18.3 Å². The molecular weight excluding hydrogens is 252 g/mol. The standard InChI is InChI=1S/C12H22N4O.ClH/c1-15-10(3-5-14-15)9-16-6-4-12(17-2)7-11(16)8-13;/h3,5,11-12H,4,6-9,13H2,1-2H3;1H. The van der Waals surface area contributed by atoms with Crippen LogP contribution in [0.4, 0.5) is 0 Å². The molecule has 0 spiro atoms. The first-order chi connectivity index (χ1) is 8.24. The van der Waals surface area contributed by atoms with E-state index < -0.39 is 0 Å². The van der Waals surface area contributed by atoms with E-state index in [9.17, 15) is 0 Å². The highest BCUT2D eigenvalue weighted by Gasteiger charge is 2.27. The highest BCUT2D eigenvalue weighted by atomic mass is 35.5. The Balaban J connectivity index is 0.00000162. The molecule has 2 rings (SSSR count). The summed E-state index contributed by atoms with van der Waals surface area (Å²) in [5, 5.41) is 4.20. The maximum absolute atomic E-state index is 5.86. The summed E-state index contributed by atoms with van der Waals surface area (Å²) in [7, 11) is 3.77. The van der Waals surface area contributed by atoms with Crippen LogP contribution >= 0.6 is 12.4 Å². The van der Waals surface area contributed by atoms with Gasteiger partial charge in [-0.15, -0.1) is 12.4 Å². The first-order valence-corrected chi connectivity index (χ1v) is 6.18. The van der Waals surface area contributed by atoms with Crippen LogP contribution in [0.5, 0.6) is 0 Å². The lowest BCUT2D eigenvalue weighted by molar-refractivity contribution is 0.00941. The lowest BCUT2D eigenvalue weighted by Crippen LogP contribution is -2.48. The highest BCUT2D eigenvalue weighted by Crippen LogP contribution is 2.20. The Morgan fingerprint density at radius 2 is 2.33 bits per heavy atom. The summed E-state index contributed by atoms with van der Waals surface area (Å²) in [6.45, 7) is 2.66. The number of nitrogens with zero attached hydrogens (tertiary/aromatic N) is 3.